The molecule has 0 rings (SSSR count). The van der Waals surface area contributed by atoms with E-state index in [1.54, 1.807) is 10.8 Å². The summed E-state index contributed by atoms with van der Waals surface area (Å²) in [7, 11) is 7.80. The molecule has 0 aromatic carbocycles. The Bertz CT molecular complexity index is 715. The average Bonchev–Trinajstić information content (AvgIpc) is 3.02. The summed E-state index contributed by atoms with van der Waals surface area (Å²) < 4.78 is 5.47. The van der Waals surface area contributed by atoms with Crippen molar-refractivity contribution >= 4 is 33.5 Å². The number of amides is 1. The molecule has 0 aromatic heterocycles. The highest BCUT2D eigenvalue weighted by molar-refractivity contribution is 8.76. The van der Waals surface area contributed by atoms with E-state index in [1.807, 2.05) is 15.7 Å². The molecule has 0 aliphatic carbocycles. The van der Waals surface area contributed by atoms with Crippen molar-refractivity contribution in [1.82, 2.24) is 9.80 Å². The first-order chi connectivity index (χ1) is 22.0. The third-order valence-electron chi connectivity index (χ3n) is 7.91. The van der Waals surface area contributed by atoms with Crippen LogP contribution >= 0.6 is 21.6 Å². The number of ether oxygens (including phenoxy) is 1. The Morgan fingerprint density at radius 1 is 0.578 bits per heavy atom. The first kappa shape index (κ1) is 44.1. The standard InChI is InChI=1S/C38H72N2O3S2/c1-5-7-9-11-13-15-16-17-18-19-20-21-22-24-26-29-37(41)40(32-28-31-39(3)4)33-30-38(42)43-34-36-45-44-35-27-25-23-14-12-10-8-6-2/h13,15,17-18H,5-12,14,16,19-36H2,1-4H3/b15-13-,18-17-. The van der Waals surface area contributed by atoms with Crippen LogP contribution < -0.4 is 0 Å². The second kappa shape index (κ2) is 35.9. The predicted octanol–water partition coefficient (Wildman–Crippen LogP) is 11.0. The van der Waals surface area contributed by atoms with E-state index in [9.17, 15) is 9.59 Å². The maximum absolute atomic E-state index is 13.0. The number of unbranched alkanes of at least 4 members (excludes halogenated alkanes) is 15. The number of carbonyl (C=O) groups excluding carboxylic acids is 2. The molecule has 0 fully saturated rings. The first-order valence-electron chi connectivity index (χ1n) is 18.6. The van der Waals surface area contributed by atoms with Crippen molar-refractivity contribution in [3.05, 3.63) is 24.3 Å². The zero-order chi connectivity index (χ0) is 33.1. The zero-order valence-electron chi connectivity index (χ0n) is 30.0. The maximum Gasteiger partial charge on any atom is 0.307 e. The third kappa shape index (κ3) is 34.2. The van der Waals surface area contributed by atoms with Crippen molar-refractivity contribution < 1.29 is 14.3 Å². The fraction of sp³-hybridized carbons (Fsp3) is 0.842. The van der Waals surface area contributed by atoms with E-state index in [2.05, 4.69) is 57.1 Å². The third-order valence-corrected chi connectivity index (χ3v) is 10.4. The summed E-state index contributed by atoms with van der Waals surface area (Å²) in [6.07, 6.45) is 34.8. The number of esters is 1. The van der Waals surface area contributed by atoms with Gasteiger partial charge in [-0.25, -0.2) is 0 Å². The quantitative estimate of drug-likeness (QED) is 0.0294. The molecular weight excluding hydrogens is 597 g/mol. The van der Waals surface area contributed by atoms with E-state index in [0.29, 0.717) is 26.1 Å². The van der Waals surface area contributed by atoms with Gasteiger partial charge in [0.15, 0.2) is 0 Å². The van der Waals surface area contributed by atoms with Crippen molar-refractivity contribution in [3.63, 3.8) is 0 Å². The fourth-order valence-corrected chi connectivity index (χ4v) is 7.06. The van der Waals surface area contributed by atoms with E-state index in [0.717, 1.165) is 44.4 Å². The molecule has 0 radical (unpaired) electrons. The van der Waals surface area contributed by atoms with Gasteiger partial charge in [0.1, 0.15) is 6.61 Å². The smallest absolute Gasteiger partial charge is 0.307 e. The van der Waals surface area contributed by atoms with Crippen LogP contribution in [-0.2, 0) is 14.3 Å². The summed E-state index contributed by atoms with van der Waals surface area (Å²) in [5.41, 5.74) is 0. The lowest BCUT2D eigenvalue weighted by Gasteiger charge is -2.23. The summed E-state index contributed by atoms with van der Waals surface area (Å²) >= 11 is 0. The van der Waals surface area contributed by atoms with Gasteiger partial charge in [-0.1, -0.05) is 137 Å². The van der Waals surface area contributed by atoms with Crippen molar-refractivity contribution in [2.45, 2.75) is 155 Å². The topological polar surface area (TPSA) is 49.9 Å². The lowest BCUT2D eigenvalue weighted by atomic mass is 10.1. The van der Waals surface area contributed by atoms with Crippen LogP contribution in [0, 0.1) is 0 Å². The Balaban J connectivity index is 3.98. The lowest BCUT2D eigenvalue weighted by molar-refractivity contribution is -0.144. The van der Waals surface area contributed by atoms with Gasteiger partial charge in [0.25, 0.3) is 0 Å². The highest BCUT2D eigenvalue weighted by atomic mass is 33.1. The van der Waals surface area contributed by atoms with E-state index in [1.165, 1.54) is 102 Å². The molecule has 0 saturated carbocycles. The van der Waals surface area contributed by atoms with E-state index in [-0.39, 0.29) is 18.3 Å². The Kier molecular flexibility index (Phi) is 35.2. The molecule has 0 aliphatic heterocycles. The van der Waals surface area contributed by atoms with E-state index < -0.39 is 0 Å². The van der Waals surface area contributed by atoms with Crippen LogP contribution in [0.25, 0.3) is 0 Å². The van der Waals surface area contributed by atoms with E-state index >= 15 is 0 Å². The summed E-state index contributed by atoms with van der Waals surface area (Å²) in [6, 6.07) is 0. The molecule has 0 atom stereocenters. The molecule has 0 bridgehead atoms. The summed E-state index contributed by atoms with van der Waals surface area (Å²) in [6.45, 7) is 7.07. The molecule has 1 amide bonds. The molecule has 0 saturated heterocycles. The van der Waals surface area contributed by atoms with Gasteiger partial charge in [-0.05, 0) is 72.0 Å². The molecule has 0 aliphatic rings. The monoisotopic (exact) mass is 668 g/mol. The maximum atomic E-state index is 13.0. The van der Waals surface area contributed by atoms with Gasteiger partial charge < -0.3 is 14.5 Å². The SMILES string of the molecule is CCCCC/C=C\C/C=C\CCCCCCCC(=O)N(CCCN(C)C)CCC(=O)OCCSSCCCCCCCCCC. The highest BCUT2D eigenvalue weighted by Gasteiger charge is 2.15. The zero-order valence-corrected chi connectivity index (χ0v) is 31.7. The Morgan fingerprint density at radius 2 is 1.13 bits per heavy atom. The van der Waals surface area contributed by atoms with Crippen LogP contribution in [0.5, 0.6) is 0 Å². The molecule has 45 heavy (non-hydrogen) atoms. The minimum absolute atomic E-state index is 0.181. The second-order valence-electron chi connectivity index (χ2n) is 12.6. The average molecular weight is 669 g/mol. The number of hydrogen-bond donors (Lipinski definition) is 0. The van der Waals surface area contributed by atoms with Gasteiger partial charge in [0.05, 0.1) is 6.42 Å². The van der Waals surface area contributed by atoms with Crippen LogP contribution in [0.4, 0.5) is 0 Å². The number of nitrogens with zero attached hydrogens (tertiary/aromatic N) is 2. The molecule has 0 N–H and O–H groups in total. The molecule has 7 heteroatoms. The van der Waals surface area contributed by atoms with Crippen molar-refractivity contribution in [1.29, 1.82) is 0 Å². The van der Waals surface area contributed by atoms with Gasteiger partial charge in [0, 0.05) is 31.0 Å². The molecule has 0 aromatic rings. The highest BCUT2D eigenvalue weighted by Crippen LogP contribution is 2.23. The molecule has 5 nitrogen and oxygen atoms in total. The fourth-order valence-electron chi connectivity index (χ4n) is 5.09. The number of allylic oxidation sites excluding steroid dienone is 4. The van der Waals surface area contributed by atoms with Crippen LogP contribution in [0.1, 0.15) is 155 Å². The molecule has 264 valence electrons. The number of carbonyl (C=O) groups is 2. The molecule has 0 spiro atoms. The van der Waals surface area contributed by atoms with Crippen molar-refractivity contribution in [2.24, 2.45) is 0 Å². The largest absolute Gasteiger partial charge is 0.465 e. The Labute approximate surface area is 287 Å². The van der Waals surface area contributed by atoms with Crippen molar-refractivity contribution in [3.8, 4) is 0 Å². The molecule has 0 unspecified atom stereocenters. The van der Waals surface area contributed by atoms with Gasteiger partial charge in [-0.3, -0.25) is 9.59 Å². The normalized spacial score (nSPS) is 11.8. The van der Waals surface area contributed by atoms with Crippen LogP contribution in [-0.4, -0.2) is 73.5 Å². The number of hydrogen-bond acceptors (Lipinski definition) is 6. The van der Waals surface area contributed by atoms with Crippen LogP contribution in [0.2, 0.25) is 0 Å². The predicted molar refractivity (Wildman–Crippen MR) is 202 cm³/mol. The summed E-state index contributed by atoms with van der Waals surface area (Å²) in [5.74, 6) is 1.99. The summed E-state index contributed by atoms with van der Waals surface area (Å²) in [5, 5.41) is 0. The van der Waals surface area contributed by atoms with Gasteiger partial charge >= 0.3 is 5.97 Å². The Morgan fingerprint density at radius 3 is 1.80 bits per heavy atom. The second-order valence-corrected chi connectivity index (χ2v) is 15.3. The van der Waals surface area contributed by atoms with Crippen LogP contribution in [0.3, 0.4) is 0 Å². The van der Waals surface area contributed by atoms with Crippen LogP contribution in [0.15, 0.2) is 24.3 Å². The summed E-state index contributed by atoms with van der Waals surface area (Å²) in [4.78, 5) is 29.4. The van der Waals surface area contributed by atoms with Crippen molar-refractivity contribution in [2.75, 3.05) is 51.8 Å². The Hall–Kier alpha value is -0.920. The minimum atomic E-state index is -0.189. The first-order valence-corrected chi connectivity index (χ1v) is 21.1. The van der Waals surface area contributed by atoms with E-state index in [4.69, 9.17) is 4.74 Å². The van der Waals surface area contributed by atoms with Gasteiger partial charge in [0.2, 0.25) is 5.91 Å². The van der Waals surface area contributed by atoms with Gasteiger partial charge in [-0.2, -0.15) is 0 Å². The lowest BCUT2D eigenvalue weighted by Crippen LogP contribution is -2.35. The van der Waals surface area contributed by atoms with Gasteiger partial charge in [-0.15, -0.1) is 0 Å². The molecular formula is C38H72N2O3S2. The molecule has 0 heterocycles. The number of rotatable bonds is 34. The minimum Gasteiger partial charge on any atom is -0.465 e.